The molecule has 0 bridgehead atoms. The van der Waals surface area contributed by atoms with Crippen molar-refractivity contribution in [1.82, 2.24) is 4.90 Å². The Hall–Kier alpha value is -8.59. The lowest BCUT2D eigenvalue weighted by molar-refractivity contribution is -0.122. The predicted molar refractivity (Wildman–Crippen MR) is 358 cm³/mol. The van der Waals surface area contributed by atoms with E-state index >= 15 is 23.5 Å². The summed E-state index contributed by atoms with van der Waals surface area (Å²) in [6.45, 7) is -1.60. The Labute approximate surface area is 543 Å². The van der Waals surface area contributed by atoms with Crippen molar-refractivity contribution in [3.8, 4) is 22.6 Å². The molecule has 10 aromatic carbocycles. The first kappa shape index (κ1) is 62.2. The number of hydrogen-bond donors (Lipinski definition) is 0. The number of rotatable bonds is 24. The quantitative estimate of drug-likeness (QED) is 0.0417. The fraction of sp³-hybridized carbons (Fsp3) is 0.192. The fourth-order valence-corrected chi connectivity index (χ4v) is 15.3. The normalized spacial score (nSPS) is 15.0. The zero-order valence-electron chi connectivity index (χ0n) is 49.8. The molecular formula is C73H63Cl2N3O12P2. The van der Waals surface area contributed by atoms with E-state index in [9.17, 15) is 0 Å². The molecule has 466 valence electrons. The highest BCUT2D eigenvalue weighted by Gasteiger charge is 2.42. The summed E-state index contributed by atoms with van der Waals surface area (Å²) in [7, 11) is -8.92. The molecule has 10 aromatic rings. The highest BCUT2D eigenvalue weighted by atomic mass is 35.5. The molecule has 0 spiro atoms. The van der Waals surface area contributed by atoms with Crippen molar-refractivity contribution in [3.05, 3.63) is 275 Å². The Balaban J connectivity index is 0.837. The Kier molecular flexibility index (Phi) is 18.7. The predicted octanol–water partition coefficient (Wildman–Crippen LogP) is 17.1. The maximum absolute atomic E-state index is 15.5. The van der Waals surface area contributed by atoms with Gasteiger partial charge in [-0.1, -0.05) is 218 Å². The van der Waals surface area contributed by atoms with Gasteiger partial charge in [-0.05, 0) is 66.4 Å². The van der Waals surface area contributed by atoms with Crippen molar-refractivity contribution in [1.29, 1.82) is 0 Å². The maximum atomic E-state index is 15.5. The number of fused-ring (bicyclic) bond motifs is 9. The van der Waals surface area contributed by atoms with E-state index < -0.39 is 58.5 Å². The first-order valence-electron chi connectivity index (χ1n) is 30.2. The lowest BCUT2D eigenvalue weighted by atomic mass is 9.95. The number of nitrogens with zero attached hydrogens (tertiary/aromatic N) is 3. The average molecular weight is 1310 g/mol. The summed E-state index contributed by atoms with van der Waals surface area (Å²) < 4.78 is 73.7. The minimum Gasteiger partial charge on any atom is -0.448 e. The first-order valence-corrected chi connectivity index (χ1v) is 34.2. The van der Waals surface area contributed by atoms with Gasteiger partial charge in [0.1, 0.15) is 31.2 Å². The van der Waals surface area contributed by atoms with Crippen LogP contribution in [0, 0.1) is 0 Å². The second-order valence-electron chi connectivity index (χ2n) is 22.7. The molecule has 15 nitrogen and oxygen atoms in total. The minimum atomic E-state index is -4.46. The van der Waals surface area contributed by atoms with Crippen molar-refractivity contribution in [2.75, 3.05) is 54.3 Å². The highest BCUT2D eigenvalue weighted by molar-refractivity contribution is 7.49. The van der Waals surface area contributed by atoms with Crippen LogP contribution in [0.4, 0.5) is 16.2 Å². The fourth-order valence-electron chi connectivity index (χ4n) is 12.4. The number of phosphoric ester groups is 2. The summed E-state index contributed by atoms with van der Waals surface area (Å²) in [5.74, 6) is -1.87. The van der Waals surface area contributed by atoms with Gasteiger partial charge in [0.15, 0.2) is 0 Å². The zero-order valence-corrected chi connectivity index (χ0v) is 53.1. The van der Waals surface area contributed by atoms with Crippen molar-refractivity contribution in [2.24, 2.45) is 0 Å². The van der Waals surface area contributed by atoms with Gasteiger partial charge >= 0.3 is 21.7 Å². The van der Waals surface area contributed by atoms with Crippen molar-refractivity contribution < 1.29 is 55.4 Å². The average Bonchev–Trinajstić information content (AvgIpc) is 1.54. The molecule has 2 aliphatic heterocycles. The van der Waals surface area contributed by atoms with E-state index in [-0.39, 0.29) is 75.3 Å². The van der Waals surface area contributed by atoms with E-state index in [0.717, 1.165) is 60.5 Å². The molecular weight excluding hydrogens is 1240 g/mol. The van der Waals surface area contributed by atoms with Crippen LogP contribution in [-0.2, 0) is 68.0 Å². The first-order chi connectivity index (χ1) is 44.9. The van der Waals surface area contributed by atoms with Crippen LogP contribution in [0.2, 0.25) is 0 Å². The molecule has 19 heteroatoms. The van der Waals surface area contributed by atoms with Crippen LogP contribution in [0.1, 0.15) is 62.3 Å². The summed E-state index contributed by atoms with van der Waals surface area (Å²) in [5.41, 5.74) is 9.16. The van der Waals surface area contributed by atoms with E-state index in [4.69, 9.17) is 55.1 Å². The molecule has 0 saturated carbocycles. The van der Waals surface area contributed by atoms with Crippen LogP contribution < -0.4 is 18.8 Å². The zero-order chi connectivity index (χ0) is 63.2. The Morgan fingerprint density at radius 1 is 0.435 bits per heavy atom. The number of amides is 3. The highest BCUT2D eigenvalue weighted by Crippen LogP contribution is 2.57. The topological polar surface area (TPSA) is 160 Å². The van der Waals surface area contributed by atoms with E-state index in [2.05, 4.69) is 0 Å². The molecule has 3 amide bonds. The van der Waals surface area contributed by atoms with Gasteiger partial charge in [-0.3, -0.25) is 32.6 Å². The third kappa shape index (κ3) is 13.4. The lowest BCUT2D eigenvalue weighted by Gasteiger charge is -2.28. The number of carbonyl (C=O) groups is 3. The largest absolute Gasteiger partial charge is 0.530 e. The number of anilines is 2. The number of benzene rings is 10. The van der Waals surface area contributed by atoms with E-state index in [0.29, 0.717) is 32.9 Å². The van der Waals surface area contributed by atoms with Crippen molar-refractivity contribution in [2.45, 2.75) is 44.2 Å². The minimum absolute atomic E-state index is 0.0883. The van der Waals surface area contributed by atoms with Crippen LogP contribution >= 0.6 is 38.8 Å². The van der Waals surface area contributed by atoms with Crippen LogP contribution in [0.5, 0.6) is 11.5 Å². The van der Waals surface area contributed by atoms with Gasteiger partial charge in [0.2, 0.25) is 11.8 Å². The van der Waals surface area contributed by atoms with Gasteiger partial charge in [-0.15, -0.1) is 23.2 Å². The second-order valence-corrected chi connectivity index (χ2v) is 26.5. The third-order valence-electron chi connectivity index (χ3n) is 16.8. The summed E-state index contributed by atoms with van der Waals surface area (Å²) >= 11 is 13.6. The standard InChI is InChI=1S/C73H63Cl2N3O12P2/c74-39-54-41-77(65-37-67(60-33-17-19-35-62(60)71(54)65)89-91(82,85-45-50-21-5-1-6-22-50)86-46-51-23-7-2-8-24-51)69(79)43-76(73(81)84-49-64-58-31-15-13-29-56(58)57-30-14-16-32-59(57)64)44-70(80)78-42-55(40-75)72-63-36-20-18-34-61(63)68(38-66(72)78)90-92(83,87-47-52-25-9-3-10-26-52)88-48-53-27-11-4-12-28-53/h1-38,54-55,64H,39-49H2/t54-,55-/m1/s1. The van der Waals surface area contributed by atoms with Gasteiger partial charge < -0.3 is 23.6 Å². The van der Waals surface area contributed by atoms with Crippen LogP contribution in [0.15, 0.2) is 231 Å². The summed E-state index contributed by atoms with van der Waals surface area (Å²) in [5, 5.41) is 2.50. The van der Waals surface area contributed by atoms with Gasteiger partial charge in [0.25, 0.3) is 0 Å². The summed E-state index contributed by atoms with van der Waals surface area (Å²) in [6.07, 6.45) is -0.917. The molecule has 13 rings (SSSR count). The van der Waals surface area contributed by atoms with Crippen LogP contribution in [-0.4, -0.2) is 67.4 Å². The molecule has 92 heavy (non-hydrogen) atoms. The molecule has 0 aromatic heterocycles. The second kappa shape index (κ2) is 27.7. The van der Waals surface area contributed by atoms with Crippen molar-refractivity contribution >= 4 is 89.7 Å². The molecule has 0 N–H and O–H groups in total. The van der Waals surface area contributed by atoms with E-state index in [1.165, 1.54) is 9.80 Å². The number of hydrogen-bond acceptors (Lipinski definition) is 12. The lowest BCUT2D eigenvalue weighted by Crippen LogP contribution is -2.48. The number of ether oxygens (including phenoxy) is 1. The molecule has 0 saturated heterocycles. The monoisotopic (exact) mass is 1310 g/mol. The molecule has 0 radical (unpaired) electrons. The van der Waals surface area contributed by atoms with Gasteiger partial charge in [-0.25, -0.2) is 13.9 Å². The van der Waals surface area contributed by atoms with Gasteiger partial charge in [0, 0.05) is 65.5 Å². The Morgan fingerprint density at radius 3 is 1.12 bits per heavy atom. The molecule has 0 unspecified atom stereocenters. The van der Waals surface area contributed by atoms with Crippen LogP contribution in [0.3, 0.4) is 0 Å². The maximum Gasteiger partial charge on any atom is 0.530 e. The van der Waals surface area contributed by atoms with E-state index in [1.54, 1.807) is 12.1 Å². The van der Waals surface area contributed by atoms with Gasteiger partial charge in [0.05, 0.1) is 37.8 Å². The number of alkyl halides is 2. The molecule has 1 aliphatic carbocycles. The number of carbonyl (C=O) groups excluding carboxylic acids is 3. The van der Waals surface area contributed by atoms with Gasteiger partial charge in [-0.2, -0.15) is 0 Å². The third-order valence-corrected chi connectivity index (χ3v) is 20.2. The smallest absolute Gasteiger partial charge is 0.448 e. The van der Waals surface area contributed by atoms with Crippen molar-refractivity contribution in [3.63, 3.8) is 0 Å². The summed E-state index contributed by atoms with van der Waals surface area (Å²) in [6, 6.07) is 70.8. The Morgan fingerprint density at radius 2 is 0.761 bits per heavy atom. The molecule has 2 heterocycles. The van der Waals surface area contributed by atoms with E-state index in [1.807, 2.05) is 218 Å². The van der Waals surface area contributed by atoms with Crippen LogP contribution in [0.25, 0.3) is 32.7 Å². The molecule has 0 fully saturated rings. The number of phosphoric acid groups is 2. The number of halogens is 2. The SMILES string of the molecule is O=C(OCC1c2ccccc2-c2ccccc21)N(CC(=O)N1C[C@@H](CCl)c2c1cc(OP(=O)(OCc1ccccc1)OCc1ccccc1)c1ccccc21)CC(=O)N1C[C@@H](CCl)c2c1cc(OP(=O)(OCc1ccccc1)OCc1ccccc1)c1ccccc21. The Bertz CT molecular complexity index is 4070. The summed E-state index contributed by atoms with van der Waals surface area (Å²) in [4.78, 5) is 50.3. The molecule has 3 aliphatic rings. The molecule has 2 atom stereocenters.